The summed E-state index contributed by atoms with van der Waals surface area (Å²) in [5.41, 5.74) is 3.04. The molecule has 0 N–H and O–H groups in total. The molecular formula is C18H26N2O2. The number of hydrogen-bond donors (Lipinski definition) is 0. The van der Waals surface area contributed by atoms with Crippen LogP contribution in [0.1, 0.15) is 39.2 Å². The van der Waals surface area contributed by atoms with Gasteiger partial charge in [0.05, 0.1) is 6.61 Å². The van der Waals surface area contributed by atoms with E-state index in [9.17, 15) is 4.79 Å². The molecule has 1 fully saturated rings. The van der Waals surface area contributed by atoms with E-state index in [2.05, 4.69) is 43.0 Å². The van der Waals surface area contributed by atoms with E-state index >= 15 is 0 Å². The van der Waals surface area contributed by atoms with E-state index in [1.807, 2.05) is 11.8 Å². The fraction of sp³-hybridized carbons (Fsp3) is 0.611. The zero-order valence-electron chi connectivity index (χ0n) is 13.8. The summed E-state index contributed by atoms with van der Waals surface area (Å²) in [6.45, 7) is 9.47. The van der Waals surface area contributed by atoms with E-state index in [1.54, 1.807) is 0 Å². The number of para-hydroxylation sites is 1. The summed E-state index contributed by atoms with van der Waals surface area (Å²) in [6, 6.07) is 9.28. The second-order valence-electron chi connectivity index (χ2n) is 6.71. The van der Waals surface area contributed by atoms with Crippen LogP contribution >= 0.6 is 0 Å². The van der Waals surface area contributed by atoms with Crippen LogP contribution in [0.25, 0.3) is 0 Å². The Labute approximate surface area is 133 Å². The summed E-state index contributed by atoms with van der Waals surface area (Å²) in [7, 11) is 0. The first-order valence-corrected chi connectivity index (χ1v) is 8.35. The second-order valence-corrected chi connectivity index (χ2v) is 6.71. The van der Waals surface area contributed by atoms with Crippen molar-refractivity contribution in [1.29, 1.82) is 0 Å². The molecule has 0 saturated carbocycles. The van der Waals surface area contributed by atoms with Crippen molar-refractivity contribution in [3.63, 3.8) is 0 Å². The summed E-state index contributed by atoms with van der Waals surface area (Å²) in [4.78, 5) is 16.3. The molecule has 3 rings (SSSR count). The van der Waals surface area contributed by atoms with Crippen molar-refractivity contribution in [2.24, 2.45) is 0 Å². The van der Waals surface area contributed by atoms with Gasteiger partial charge in [0.2, 0.25) is 0 Å². The van der Waals surface area contributed by atoms with Crippen molar-refractivity contribution in [1.82, 2.24) is 4.90 Å². The van der Waals surface area contributed by atoms with Gasteiger partial charge in [0.1, 0.15) is 0 Å². The number of fused-ring (bicyclic) bond motifs is 2. The maximum Gasteiger partial charge on any atom is 0.409 e. The number of ether oxygens (including phenoxy) is 1. The molecule has 1 spiro atoms. The quantitative estimate of drug-likeness (QED) is 0.839. The van der Waals surface area contributed by atoms with Crippen molar-refractivity contribution in [2.75, 3.05) is 31.1 Å². The molecule has 1 aromatic carbocycles. The van der Waals surface area contributed by atoms with Crippen molar-refractivity contribution in [3.05, 3.63) is 29.8 Å². The van der Waals surface area contributed by atoms with Crippen molar-refractivity contribution >= 4 is 11.8 Å². The van der Waals surface area contributed by atoms with E-state index in [4.69, 9.17) is 4.74 Å². The van der Waals surface area contributed by atoms with E-state index in [-0.39, 0.29) is 11.5 Å². The number of hydrogen-bond acceptors (Lipinski definition) is 3. The molecule has 120 valence electrons. The number of carbonyl (C=O) groups is 1. The highest BCUT2D eigenvalue weighted by atomic mass is 16.6. The minimum absolute atomic E-state index is 0.163. The average molecular weight is 302 g/mol. The fourth-order valence-electron chi connectivity index (χ4n) is 3.89. The van der Waals surface area contributed by atoms with Crippen LogP contribution in [0.3, 0.4) is 0 Å². The first kappa shape index (κ1) is 15.2. The summed E-state index contributed by atoms with van der Waals surface area (Å²) >= 11 is 0. The van der Waals surface area contributed by atoms with Gasteiger partial charge in [0, 0.05) is 36.8 Å². The molecule has 1 aromatic rings. The molecule has 1 saturated heterocycles. The molecule has 0 aromatic heterocycles. The van der Waals surface area contributed by atoms with Gasteiger partial charge in [0.15, 0.2) is 0 Å². The lowest BCUT2D eigenvalue weighted by Crippen LogP contribution is -2.48. The number of piperidine rings is 1. The standard InChI is InChI=1S/C18H26N2O2/c1-4-22-17(21)19-11-9-18(10-12-19)13-20(14(2)3)16-8-6-5-7-15(16)18/h5-8,14H,4,9-13H2,1-3H3. The van der Waals surface area contributed by atoms with Gasteiger partial charge in [-0.1, -0.05) is 18.2 Å². The highest BCUT2D eigenvalue weighted by Gasteiger charge is 2.45. The highest BCUT2D eigenvalue weighted by Crippen LogP contribution is 2.47. The molecule has 2 heterocycles. The van der Waals surface area contributed by atoms with Gasteiger partial charge in [-0.2, -0.15) is 0 Å². The Morgan fingerprint density at radius 2 is 1.95 bits per heavy atom. The average Bonchev–Trinajstić information content (AvgIpc) is 2.84. The van der Waals surface area contributed by atoms with E-state index < -0.39 is 0 Å². The smallest absolute Gasteiger partial charge is 0.409 e. The largest absolute Gasteiger partial charge is 0.450 e. The molecule has 1 amide bonds. The monoisotopic (exact) mass is 302 g/mol. The highest BCUT2D eigenvalue weighted by molar-refractivity contribution is 5.68. The zero-order chi connectivity index (χ0) is 15.7. The fourth-order valence-corrected chi connectivity index (χ4v) is 3.89. The Morgan fingerprint density at radius 1 is 1.27 bits per heavy atom. The van der Waals surface area contributed by atoms with E-state index in [0.717, 1.165) is 32.5 Å². The minimum atomic E-state index is -0.163. The van der Waals surface area contributed by atoms with Crippen LogP contribution in [-0.2, 0) is 10.2 Å². The maximum atomic E-state index is 11.9. The van der Waals surface area contributed by atoms with Gasteiger partial charge in [0.25, 0.3) is 0 Å². The first-order chi connectivity index (χ1) is 10.6. The van der Waals surface area contributed by atoms with Crippen molar-refractivity contribution in [3.8, 4) is 0 Å². The van der Waals surface area contributed by atoms with Crippen LogP contribution in [0.5, 0.6) is 0 Å². The third kappa shape index (κ3) is 2.44. The van der Waals surface area contributed by atoms with Crippen LogP contribution in [0.15, 0.2) is 24.3 Å². The lowest BCUT2D eigenvalue weighted by Gasteiger charge is -2.39. The Hall–Kier alpha value is -1.71. The molecule has 4 heteroatoms. The summed E-state index contributed by atoms with van der Waals surface area (Å²) < 4.78 is 5.14. The maximum absolute atomic E-state index is 11.9. The topological polar surface area (TPSA) is 32.8 Å². The number of benzene rings is 1. The lowest BCUT2D eigenvalue weighted by atomic mass is 9.74. The van der Waals surface area contributed by atoms with Gasteiger partial charge in [-0.05, 0) is 45.2 Å². The molecule has 2 aliphatic rings. The van der Waals surface area contributed by atoms with Gasteiger partial charge in [-0.3, -0.25) is 0 Å². The lowest BCUT2D eigenvalue weighted by molar-refractivity contribution is 0.0879. The summed E-state index contributed by atoms with van der Waals surface area (Å²) in [5, 5.41) is 0. The molecule has 0 unspecified atom stereocenters. The van der Waals surface area contributed by atoms with Crippen LogP contribution < -0.4 is 4.90 Å². The third-order valence-electron chi connectivity index (χ3n) is 5.13. The van der Waals surface area contributed by atoms with Gasteiger partial charge < -0.3 is 14.5 Å². The van der Waals surface area contributed by atoms with Crippen LogP contribution in [-0.4, -0.2) is 43.3 Å². The van der Waals surface area contributed by atoms with E-state index in [0.29, 0.717) is 12.6 Å². The van der Waals surface area contributed by atoms with Crippen LogP contribution in [0.4, 0.5) is 10.5 Å². The van der Waals surface area contributed by atoms with Gasteiger partial charge in [-0.15, -0.1) is 0 Å². The number of anilines is 1. The normalized spacial score (nSPS) is 19.6. The number of rotatable bonds is 2. The molecule has 22 heavy (non-hydrogen) atoms. The van der Waals surface area contributed by atoms with Gasteiger partial charge >= 0.3 is 6.09 Å². The number of amides is 1. The number of nitrogens with zero attached hydrogens (tertiary/aromatic N) is 2. The van der Waals surface area contributed by atoms with Crippen molar-refractivity contribution < 1.29 is 9.53 Å². The molecule has 0 atom stereocenters. The van der Waals surface area contributed by atoms with Crippen LogP contribution in [0, 0.1) is 0 Å². The SMILES string of the molecule is CCOC(=O)N1CCC2(CC1)CN(C(C)C)c1ccccc12. The summed E-state index contributed by atoms with van der Waals surface area (Å²) in [6.07, 6.45) is 1.88. The first-order valence-electron chi connectivity index (χ1n) is 8.35. The zero-order valence-corrected chi connectivity index (χ0v) is 13.8. The second kappa shape index (κ2) is 5.82. The predicted octanol–water partition coefficient (Wildman–Crippen LogP) is 3.41. The molecule has 2 aliphatic heterocycles. The Kier molecular flexibility index (Phi) is 4.02. The Bertz CT molecular complexity index is 548. The minimum Gasteiger partial charge on any atom is -0.450 e. The molecule has 0 radical (unpaired) electrons. The Morgan fingerprint density at radius 3 is 2.59 bits per heavy atom. The molecule has 4 nitrogen and oxygen atoms in total. The molecular weight excluding hydrogens is 276 g/mol. The number of carbonyl (C=O) groups excluding carboxylic acids is 1. The predicted molar refractivity (Wildman–Crippen MR) is 88.4 cm³/mol. The molecule has 0 aliphatic carbocycles. The van der Waals surface area contributed by atoms with Crippen LogP contribution in [0.2, 0.25) is 0 Å². The van der Waals surface area contributed by atoms with Crippen molar-refractivity contribution in [2.45, 2.75) is 45.1 Å². The summed E-state index contributed by atoms with van der Waals surface area (Å²) in [5.74, 6) is 0. The van der Waals surface area contributed by atoms with E-state index in [1.165, 1.54) is 11.3 Å². The number of likely N-dealkylation sites (tertiary alicyclic amines) is 1. The van der Waals surface area contributed by atoms with Gasteiger partial charge in [-0.25, -0.2) is 4.79 Å². The third-order valence-corrected chi connectivity index (χ3v) is 5.13. The molecule has 0 bridgehead atoms. The Balaban J connectivity index is 1.80.